The normalized spacial score (nSPS) is 10.9. The van der Waals surface area contributed by atoms with E-state index in [1.165, 1.54) is 31.4 Å². The van der Waals surface area contributed by atoms with Crippen molar-refractivity contribution in [2.45, 2.75) is 13.1 Å². The molecule has 1 amide bonds. The van der Waals surface area contributed by atoms with Crippen LogP contribution in [-0.4, -0.2) is 23.1 Å². The minimum absolute atomic E-state index is 0.228. The second kappa shape index (κ2) is 9.65. The van der Waals surface area contributed by atoms with E-state index in [0.29, 0.717) is 22.9 Å². The fraction of sp³-hybridized carbons (Fsp3) is 0.136. The van der Waals surface area contributed by atoms with E-state index in [4.69, 9.17) is 17.0 Å². The van der Waals surface area contributed by atoms with Gasteiger partial charge in [-0.25, -0.2) is 0 Å². The molecular weight excluding hydrogens is 441 g/mol. The van der Waals surface area contributed by atoms with Crippen LogP contribution in [0.1, 0.15) is 21.6 Å². The number of nitrogens with zero attached hydrogens (tertiary/aromatic N) is 1. The highest BCUT2D eigenvalue weighted by Crippen LogP contribution is 2.30. The molecule has 0 fully saturated rings. The lowest BCUT2D eigenvalue weighted by atomic mass is 10.2. The third-order valence-electron chi connectivity index (χ3n) is 4.34. The zero-order valence-corrected chi connectivity index (χ0v) is 17.9. The standard InChI is InChI=1S/C22H19F3N4O2S/c1-13-11-16(31-17-9-10-27-19(12-17)20(30)26-2)7-8-18(13)29-21(32)28-15-5-3-14(4-6-15)22(23,24)25/h3-12H,1-2H3,(H,26,30)(H2,28,29,32). The summed E-state index contributed by atoms with van der Waals surface area (Å²) in [6.45, 7) is 1.85. The number of pyridine rings is 1. The van der Waals surface area contributed by atoms with Crippen LogP contribution in [-0.2, 0) is 6.18 Å². The van der Waals surface area contributed by atoms with Gasteiger partial charge in [-0.2, -0.15) is 13.2 Å². The highest BCUT2D eigenvalue weighted by atomic mass is 32.1. The first-order valence-corrected chi connectivity index (χ1v) is 9.78. The largest absolute Gasteiger partial charge is 0.457 e. The van der Waals surface area contributed by atoms with Crippen molar-refractivity contribution in [2.24, 2.45) is 0 Å². The van der Waals surface area contributed by atoms with E-state index < -0.39 is 11.7 Å². The number of anilines is 2. The van der Waals surface area contributed by atoms with Gasteiger partial charge >= 0.3 is 6.18 Å². The molecule has 0 aliphatic heterocycles. The van der Waals surface area contributed by atoms with Crippen molar-refractivity contribution in [3.05, 3.63) is 77.6 Å². The Bertz CT molecular complexity index is 1130. The van der Waals surface area contributed by atoms with E-state index in [9.17, 15) is 18.0 Å². The summed E-state index contributed by atoms with van der Waals surface area (Å²) in [5, 5.41) is 8.58. The van der Waals surface area contributed by atoms with E-state index in [2.05, 4.69) is 20.9 Å². The number of amides is 1. The molecule has 1 aromatic heterocycles. The Balaban J connectivity index is 1.64. The van der Waals surface area contributed by atoms with Crippen LogP contribution in [0, 0.1) is 6.92 Å². The molecule has 0 aliphatic carbocycles. The van der Waals surface area contributed by atoms with E-state index in [1.54, 1.807) is 24.3 Å². The molecule has 32 heavy (non-hydrogen) atoms. The summed E-state index contributed by atoms with van der Waals surface area (Å²) in [5.41, 5.74) is 1.45. The molecule has 3 N–H and O–H groups in total. The van der Waals surface area contributed by atoms with Gasteiger partial charge in [-0.15, -0.1) is 0 Å². The average molecular weight is 460 g/mol. The second-order valence-corrected chi connectivity index (χ2v) is 7.10. The molecular formula is C22H19F3N4O2S. The molecule has 0 bridgehead atoms. The van der Waals surface area contributed by atoms with Crippen molar-refractivity contribution in [3.63, 3.8) is 0 Å². The van der Waals surface area contributed by atoms with Crippen LogP contribution in [0.15, 0.2) is 60.8 Å². The molecule has 0 unspecified atom stereocenters. The average Bonchev–Trinajstić information content (AvgIpc) is 2.75. The van der Waals surface area contributed by atoms with Crippen LogP contribution in [0.4, 0.5) is 24.5 Å². The number of aromatic nitrogens is 1. The van der Waals surface area contributed by atoms with Gasteiger partial charge in [-0.3, -0.25) is 9.78 Å². The van der Waals surface area contributed by atoms with Crippen LogP contribution in [0.3, 0.4) is 0 Å². The van der Waals surface area contributed by atoms with Crippen molar-refractivity contribution in [1.29, 1.82) is 0 Å². The van der Waals surface area contributed by atoms with Crippen LogP contribution < -0.4 is 20.7 Å². The summed E-state index contributed by atoms with van der Waals surface area (Å²) in [7, 11) is 1.52. The number of rotatable bonds is 5. The third-order valence-corrected chi connectivity index (χ3v) is 4.55. The number of ether oxygens (including phenoxy) is 1. The molecule has 2 aromatic carbocycles. The van der Waals surface area contributed by atoms with Crippen molar-refractivity contribution in [3.8, 4) is 11.5 Å². The van der Waals surface area contributed by atoms with Gasteiger partial charge in [-0.1, -0.05) is 0 Å². The molecule has 0 aliphatic rings. The molecule has 0 saturated carbocycles. The van der Waals surface area contributed by atoms with Gasteiger partial charge in [-0.05, 0) is 73.2 Å². The highest BCUT2D eigenvalue weighted by molar-refractivity contribution is 7.80. The first-order valence-electron chi connectivity index (χ1n) is 9.37. The number of carbonyl (C=O) groups excluding carboxylic acids is 1. The number of hydrogen-bond acceptors (Lipinski definition) is 4. The van der Waals surface area contributed by atoms with Crippen LogP contribution >= 0.6 is 12.2 Å². The minimum atomic E-state index is -4.39. The Labute approximate surface area is 187 Å². The summed E-state index contributed by atoms with van der Waals surface area (Å²) >= 11 is 5.25. The molecule has 0 atom stereocenters. The van der Waals surface area contributed by atoms with E-state index in [1.807, 2.05) is 6.92 Å². The molecule has 0 spiro atoms. The monoisotopic (exact) mass is 460 g/mol. The number of thiocarbonyl (C=S) groups is 1. The second-order valence-electron chi connectivity index (χ2n) is 6.69. The lowest BCUT2D eigenvalue weighted by molar-refractivity contribution is -0.137. The molecule has 3 aromatic rings. The van der Waals surface area contributed by atoms with Gasteiger partial charge in [0.15, 0.2) is 5.11 Å². The zero-order chi connectivity index (χ0) is 23.3. The number of alkyl halides is 3. The van der Waals surface area contributed by atoms with Crippen molar-refractivity contribution >= 4 is 34.6 Å². The number of halogens is 3. The lowest BCUT2D eigenvalue weighted by Gasteiger charge is -2.14. The van der Waals surface area contributed by atoms with Gasteiger partial charge < -0.3 is 20.7 Å². The summed E-state index contributed by atoms with van der Waals surface area (Å²) in [5.74, 6) is 0.683. The molecule has 3 rings (SSSR count). The Kier molecular flexibility index (Phi) is 6.94. The Morgan fingerprint density at radius 3 is 2.31 bits per heavy atom. The molecule has 10 heteroatoms. The maximum absolute atomic E-state index is 12.7. The van der Waals surface area contributed by atoms with Crippen LogP contribution in [0.25, 0.3) is 0 Å². The Morgan fingerprint density at radius 2 is 1.69 bits per heavy atom. The molecule has 0 saturated heterocycles. The maximum Gasteiger partial charge on any atom is 0.416 e. The molecule has 0 radical (unpaired) electrons. The van der Waals surface area contributed by atoms with Gasteiger partial charge in [0.1, 0.15) is 17.2 Å². The third kappa shape index (κ3) is 5.94. The van der Waals surface area contributed by atoms with Crippen molar-refractivity contribution in [2.75, 3.05) is 17.7 Å². The topological polar surface area (TPSA) is 75.3 Å². The fourth-order valence-electron chi connectivity index (χ4n) is 2.73. The zero-order valence-electron chi connectivity index (χ0n) is 17.1. The smallest absolute Gasteiger partial charge is 0.416 e. The number of benzene rings is 2. The van der Waals surface area contributed by atoms with E-state index in [-0.39, 0.29) is 16.7 Å². The summed E-state index contributed by atoms with van der Waals surface area (Å²) < 4.78 is 43.8. The SMILES string of the molecule is CNC(=O)c1cc(Oc2ccc(NC(=S)Nc3ccc(C(F)(F)F)cc3)c(C)c2)ccn1. The fourth-order valence-corrected chi connectivity index (χ4v) is 2.96. The van der Waals surface area contributed by atoms with Crippen LogP contribution in [0.2, 0.25) is 0 Å². The van der Waals surface area contributed by atoms with Gasteiger partial charge in [0.25, 0.3) is 5.91 Å². The van der Waals surface area contributed by atoms with E-state index in [0.717, 1.165) is 17.7 Å². The van der Waals surface area contributed by atoms with Crippen LogP contribution in [0.5, 0.6) is 11.5 Å². The first-order chi connectivity index (χ1) is 15.2. The van der Waals surface area contributed by atoms with Gasteiger partial charge in [0.05, 0.1) is 5.56 Å². The highest BCUT2D eigenvalue weighted by Gasteiger charge is 2.29. The van der Waals surface area contributed by atoms with Gasteiger partial charge in [0.2, 0.25) is 0 Å². The number of aryl methyl sites for hydroxylation is 1. The minimum Gasteiger partial charge on any atom is -0.457 e. The predicted octanol–water partition coefficient (Wildman–Crippen LogP) is 5.37. The summed E-state index contributed by atoms with van der Waals surface area (Å²) in [6, 6.07) is 13.0. The maximum atomic E-state index is 12.7. The molecule has 166 valence electrons. The van der Waals surface area contributed by atoms with Crippen molar-refractivity contribution in [1.82, 2.24) is 10.3 Å². The number of hydrogen-bond donors (Lipinski definition) is 3. The quantitative estimate of drug-likeness (QED) is 0.445. The summed E-state index contributed by atoms with van der Waals surface area (Å²) in [6.07, 6.45) is -2.91. The summed E-state index contributed by atoms with van der Waals surface area (Å²) in [4.78, 5) is 15.7. The number of carbonyl (C=O) groups is 1. The predicted molar refractivity (Wildman–Crippen MR) is 120 cm³/mol. The first kappa shape index (κ1) is 23.0. The molecule has 1 heterocycles. The molecule has 6 nitrogen and oxygen atoms in total. The van der Waals surface area contributed by atoms with Gasteiger partial charge in [0, 0.05) is 30.7 Å². The Hall–Kier alpha value is -3.66. The van der Waals surface area contributed by atoms with E-state index >= 15 is 0 Å². The number of nitrogens with one attached hydrogen (secondary N) is 3. The van der Waals surface area contributed by atoms with Crippen molar-refractivity contribution < 1.29 is 22.7 Å². The lowest BCUT2D eigenvalue weighted by Crippen LogP contribution is -2.19. The Morgan fingerprint density at radius 1 is 1.00 bits per heavy atom.